The van der Waals surface area contributed by atoms with Gasteiger partial charge < -0.3 is 10.6 Å². The van der Waals surface area contributed by atoms with E-state index < -0.39 is 6.04 Å². The van der Waals surface area contributed by atoms with Gasteiger partial charge >= 0.3 is 0 Å². The lowest BCUT2D eigenvalue weighted by atomic mass is 10.1. The Morgan fingerprint density at radius 3 is 2.78 bits per heavy atom. The van der Waals surface area contributed by atoms with Crippen molar-refractivity contribution in [2.24, 2.45) is 5.73 Å². The quantitative estimate of drug-likeness (QED) is 0.928. The second-order valence-corrected chi connectivity index (χ2v) is 5.49. The number of nitrogens with two attached hydrogens (primary N) is 1. The van der Waals surface area contributed by atoms with Gasteiger partial charge in [-0.3, -0.25) is 4.79 Å². The Balaban J connectivity index is 2.03. The largest absolute Gasteiger partial charge is 0.341 e. The van der Waals surface area contributed by atoms with Crippen LogP contribution in [0.5, 0.6) is 0 Å². The van der Waals surface area contributed by atoms with E-state index in [-0.39, 0.29) is 18.1 Å². The van der Waals surface area contributed by atoms with E-state index in [1.165, 1.54) is 6.07 Å². The lowest BCUT2D eigenvalue weighted by Gasteiger charge is -2.20. The van der Waals surface area contributed by atoms with Crippen molar-refractivity contribution in [3.63, 3.8) is 0 Å². The summed E-state index contributed by atoms with van der Waals surface area (Å²) in [4.78, 5) is 13.8. The van der Waals surface area contributed by atoms with Gasteiger partial charge in [-0.2, -0.15) is 0 Å². The fraction of sp³-hybridized carbons (Fsp3) is 0.462. The molecule has 0 radical (unpaired) electrons. The highest BCUT2D eigenvalue weighted by molar-refractivity contribution is 9.10. The average molecular weight is 315 g/mol. The summed E-state index contributed by atoms with van der Waals surface area (Å²) in [6, 6.07) is 4.03. The van der Waals surface area contributed by atoms with E-state index in [0.29, 0.717) is 5.56 Å². The second-order valence-electron chi connectivity index (χ2n) is 4.58. The molecule has 0 spiro atoms. The van der Waals surface area contributed by atoms with Gasteiger partial charge in [-0.1, -0.05) is 15.9 Å². The molecule has 1 aromatic carbocycles. The van der Waals surface area contributed by atoms with Crippen molar-refractivity contribution < 1.29 is 9.18 Å². The molecule has 1 unspecified atom stereocenters. The van der Waals surface area contributed by atoms with Gasteiger partial charge in [-0.25, -0.2) is 4.39 Å². The Labute approximate surface area is 114 Å². The Hall–Kier alpha value is -0.940. The van der Waals surface area contributed by atoms with Gasteiger partial charge in [0.25, 0.3) is 0 Å². The molecule has 98 valence electrons. The maximum absolute atomic E-state index is 13.6. The molecular weight excluding hydrogens is 299 g/mol. The van der Waals surface area contributed by atoms with Gasteiger partial charge in [-0.05, 0) is 43.0 Å². The predicted octanol–water partition coefficient (Wildman–Crippen LogP) is 2.08. The highest BCUT2D eigenvalue weighted by atomic mass is 79.9. The van der Waals surface area contributed by atoms with Gasteiger partial charge in [0.05, 0.1) is 6.04 Å². The summed E-state index contributed by atoms with van der Waals surface area (Å²) in [6.45, 7) is 1.54. The van der Waals surface area contributed by atoms with Crippen LogP contribution in [-0.2, 0) is 11.2 Å². The minimum Gasteiger partial charge on any atom is -0.341 e. The fourth-order valence-corrected chi connectivity index (χ4v) is 2.60. The average Bonchev–Trinajstić information content (AvgIpc) is 2.86. The topological polar surface area (TPSA) is 46.3 Å². The molecule has 18 heavy (non-hydrogen) atoms. The van der Waals surface area contributed by atoms with Crippen LogP contribution in [0, 0.1) is 5.82 Å². The van der Waals surface area contributed by atoms with E-state index in [1.807, 2.05) is 0 Å². The maximum atomic E-state index is 13.6. The molecular formula is C13H16BrFN2O. The van der Waals surface area contributed by atoms with Crippen LogP contribution in [0.25, 0.3) is 0 Å². The van der Waals surface area contributed by atoms with Crippen molar-refractivity contribution in [2.45, 2.75) is 25.3 Å². The molecule has 5 heteroatoms. The zero-order valence-electron chi connectivity index (χ0n) is 10.0. The number of likely N-dealkylation sites (tertiary alicyclic amines) is 1. The first-order valence-corrected chi connectivity index (χ1v) is 6.85. The van der Waals surface area contributed by atoms with E-state index in [2.05, 4.69) is 15.9 Å². The number of carbonyl (C=O) groups excluding carboxylic acids is 1. The number of hydrogen-bond donors (Lipinski definition) is 1. The summed E-state index contributed by atoms with van der Waals surface area (Å²) in [7, 11) is 0. The van der Waals surface area contributed by atoms with Crippen LogP contribution in [0.4, 0.5) is 4.39 Å². The summed E-state index contributed by atoms with van der Waals surface area (Å²) >= 11 is 3.29. The van der Waals surface area contributed by atoms with Gasteiger partial charge in [-0.15, -0.1) is 0 Å². The number of rotatable bonds is 3. The van der Waals surface area contributed by atoms with E-state index in [1.54, 1.807) is 17.0 Å². The molecule has 1 fully saturated rings. The van der Waals surface area contributed by atoms with Gasteiger partial charge in [0.15, 0.2) is 0 Å². The second kappa shape index (κ2) is 5.80. The monoisotopic (exact) mass is 314 g/mol. The van der Waals surface area contributed by atoms with Crippen LogP contribution in [0.2, 0.25) is 0 Å². The summed E-state index contributed by atoms with van der Waals surface area (Å²) in [5.41, 5.74) is 6.35. The minimum atomic E-state index is -0.660. The van der Waals surface area contributed by atoms with Crippen molar-refractivity contribution in [3.05, 3.63) is 34.1 Å². The van der Waals surface area contributed by atoms with Crippen LogP contribution in [0.1, 0.15) is 18.4 Å². The molecule has 1 saturated heterocycles. The molecule has 2 N–H and O–H groups in total. The number of halogens is 2. The molecule has 1 amide bonds. The van der Waals surface area contributed by atoms with Crippen molar-refractivity contribution in [1.29, 1.82) is 0 Å². The van der Waals surface area contributed by atoms with Crippen LogP contribution in [-0.4, -0.2) is 29.9 Å². The lowest BCUT2D eigenvalue weighted by Crippen LogP contribution is -2.43. The Morgan fingerprint density at radius 2 is 2.11 bits per heavy atom. The Kier molecular flexibility index (Phi) is 4.35. The number of carbonyl (C=O) groups is 1. The van der Waals surface area contributed by atoms with E-state index in [4.69, 9.17) is 5.73 Å². The van der Waals surface area contributed by atoms with Gasteiger partial charge in [0, 0.05) is 17.6 Å². The standard InChI is InChI=1S/C13H16BrFN2O/c14-10-3-4-11(15)9(7-10)8-12(16)13(18)17-5-1-2-6-17/h3-4,7,12H,1-2,5-6,8,16H2. The predicted molar refractivity (Wildman–Crippen MR) is 71.6 cm³/mol. The molecule has 1 aliphatic rings. The molecule has 0 bridgehead atoms. The smallest absolute Gasteiger partial charge is 0.239 e. The molecule has 1 heterocycles. The SMILES string of the molecule is NC(Cc1cc(Br)ccc1F)C(=O)N1CCCC1. The zero-order chi connectivity index (χ0) is 13.1. The third-order valence-corrected chi connectivity index (χ3v) is 3.68. The number of benzene rings is 1. The molecule has 0 aromatic heterocycles. The van der Waals surface area contributed by atoms with Gasteiger partial charge in [0.2, 0.25) is 5.91 Å². The first-order chi connectivity index (χ1) is 8.58. The van der Waals surface area contributed by atoms with Crippen LogP contribution >= 0.6 is 15.9 Å². The molecule has 1 aromatic rings. The van der Waals surface area contributed by atoms with Crippen LogP contribution < -0.4 is 5.73 Å². The Bertz CT molecular complexity index is 447. The molecule has 2 rings (SSSR count). The highest BCUT2D eigenvalue weighted by Gasteiger charge is 2.24. The molecule has 0 saturated carbocycles. The summed E-state index contributed by atoms with van der Waals surface area (Å²) in [6.07, 6.45) is 2.30. The van der Waals surface area contributed by atoms with E-state index >= 15 is 0 Å². The molecule has 3 nitrogen and oxygen atoms in total. The first-order valence-electron chi connectivity index (χ1n) is 6.06. The normalized spacial score (nSPS) is 16.9. The first kappa shape index (κ1) is 13.5. The Morgan fingerprint density at radius 1 is 1.44 bits per heavy atom. The third kappa shape index (κ3) is 3.09. The minimum absolute atomic E-state index is 0.0770. The summed E-state index contributed by atoms with van der Waals surface area (Å²) in [5.74, 6) is -0.394. The van der Waals surface area contributed by atoms with Crippen molar-refractivity contribution in [2.75, 3.05) is 13.1 Å². The van der Waals surface area contributed by atoms with E-state index in [0.717, 1.165) is 30.4 Å². The summed E-state index contributed by atoms with van der Waals surface area (Å²) in [5, 5.41) is 0. The number of hydrogen-bond acceptors (Lipinski definition) is 2. The molecule has 0 aliphatic carbocycles. The van der Waals surface area contributed by atoms with Crippen molar-refractivity contribution in [3.8, 4) is 0 Å². The van der Waals surface area contributed by atoms with Gasteiger partial charge in [0.1, 0.15) is 5.82 Å². The zero-order valence-corrected chi connectivity index (χ0v) is 11.6. The molecule has 1 atom stereocenters. The van der Waals surface area contributed by atoms with Crippen LogP contribution in [0.3, 0.4) is 0 Å². The fourth-order valence-electron chi connectivity index (χ4n) is 2.20. The maximum Gasteiger partial charge on any atom is 0.239 e. The summed E-state index contributed by atoms with van der Waals surface area (Å²) < 4.78 is 14.4. The van der Waals surface area contributed by atoms with Crippen molar-refractivity contribution in [1.82, 2.24) is 4.90 Å². The third-order valence-electron chi connectivity index (χ3n) is 3.18. The van der Waals surface area contributed by atoms with E-state index in [9.17, 15) is 9.18 Å². The number of nitrogens with zero attached hydrogens (tertiary/aromatic N) is 1. The lowest BCUT2D eigenvalue weighted by molar-refractivity contribution is -0.131. The number of amides is 1. The van der Waals surface area contributed by atoms with Crippen LogP contribution in [0.15, 0.2) is 22.7 Å². The molecule has 1 aliphatic heterocycles. The highest BCUT2D eigenvalue weighted by Crippen LogP contribution is 2.18. The van der Waals surface area contributed by atoms with Crippen molar-refractivity contribution >= 4 is 21.8 Å².